The normalized spacial score (nSPS) is 11.3. The number of tetrazole rings is 1. The van der Waals surface area contributed by atoms with Gasteiger partial charge in [0.2, 0.25) is 5.82 Å². The minimum absolute atomic E-state index is 0.0149. The Hall–Kier alpha value is -3.55. The summed E-state index contributed by atoms with van der Waals surface area (Å²) in [6.07, 6.45) is 15.4. The summed E-state index contributed by atoms with van der Waals surface area (Å²) in [7, 11) is 0. The van der Waals surface area contributed by atoms with Crippen LogP contribution in [-0.2, 0) is 19.5 Å². The minimum Gasteiger partial charge on any atom is -0.274 e. The summed E-state index contributed by atoms with van der Waals surface area (Å²) in [4.78, 5) is 13.4. The van der Waals surface area contributed by atoms with Crippen LogP contribution in [0, 0.1) is 0 Å². The number of H-pyrrole nitrogens is 1. The maximum atomic E-state index is 13.4. The molecule has 0 aliphatic carbocycles. The Morgan fingerprint density at radius 1 is 0.750 bits per heavy atom. The Bertz CT molecular complexity index is 1320. The molecule has 0 spiro atoms. The van der Waals surface area contributed by atoms with Gasteiger partial charge in [-0.25, -0.2) is 9.48 Å². The fourth-order valence-electron chi connectivity index (χ4n) is 5.26. The first-order chi connectivity index (χ1) is 19.7. The summed E-state index contributed by atoms with van der Waals surface area (Å²) >= 11 is 0. The van der Waals surface area contributed by atoms with E-state index in [0.717, 1.165) is 53.8 Å². The van der Waals surface area contributed by atoms with E-state index in [0.29, 0.717) is 18.9 Å². The molecular weight excluding hydrogens is 498 g/mol. The fourth-order valence-corrected chi connectivity index (χ4v) is 5.26. The zero-order valence-electron chi connectivity index (χ0n) is 24.3. The number of unbranched alkanes of at least 4 members (excludes halogenated alkanes) is 10. The Balaban J connectivity index is 1.47. The van der Waals surface area contributed by atoms with E-state index in [1.807, 2.05) is 22.8 Å². The molecule has 2 aromatic carbocycles. The van der Waals surface area contributed by atoms with E-state index in [4.69, 9.17) is 5.10 Å². The highest BCUT2D eigenvalue weighted by Gasteiger charge is 2.15. The minimum atomic E-state index is 0.0149. The van der Waals surface area contributed by atoms with Crippen molar-refractivity contribution in [2.24, 2.45) is 0 Å². The van der Waals surface area contributed by atoms with Gasteiger partial charge >= 0.3 is 5.69 Å². The molecule has 4 rings (SSSR count). The van der Waals surface area contributed by atoms with E-state index in [9.17, 15) is 4.79 Å². The second-order valence-electron chi connectivity index (χ2n) is 10.8. The van der Waals surface area contributed by atoms with Gasteiger partial charge in [0.05, 0.1) is 6.54 Å². The van der Waals surface area contributed by atoms with Gasteiger partial charge in [-0.15, -0.1) is 10.2 Å². The van der Waals surface area contributed by atoms with E-state index < -0.39 is 0 Å². The molecule has 4 aromatic rings. The Morgan fingerprint density at radius 3 is 2.08 bits per heavy atom. The van der Waals surface area contributed by atoms with Crippen molar-refractivity contribution in [1.82, 2.24) is 35.0 Å². The van der Waals surface area contributed by atoms with Crippen LogP contribution in [0.15, 0.2) is 53.3 Å². The highest BCUT2D eigenvalue weighted by molar-refractivity contribution is 5.80. The standard InChI is InChI=1S/C32H45N7O/c1-3-5-7-9-11-13-19-30-35-39(24-16-12-10-8-6-4-2)32(40)38(30)25-26-20-22-27(23-21-26)28-17-14-15-18-29(28)31-33-36-37-34-31/h14-15,17-18,20-23H,3-13,16,19,24-25H2,1-2H3,(H,33,34,36,37). The van der Waals surface area contributed by atoms with Crippen LogP contribution in [0.25, 0.3) is 22.5 Å². The SMILES string of the molecule is CCCCCCCCc1nn(CCCCCCCC)c(=O)n1Cc1ccc(-c2ccccc2-c2nn[nH]n2)cc1. The van der Waals surface area contributed by atoms with E-state index in [-0.39, 0.29) is 5.69 Å². The van der Waals surface area contributed by atoms with Crippen LogP contribution in [0.5, 0.6) is 0 Å². The van der Waals surface area contributed by atoms with Crippen LogP contribution >= 0.6 is 0 Å². The van der Waals surface area contributed by atoms with Crippen molar-refractivity contribution in [2.45, 2.75) is 110 Å². The molecule has 0 saturated carbocycles. The number of aryl methyl sites for hydroxylation is 2. The van der Waals surface area contributed by atoms with Gasteiger partial charge < -0.3 is 0 Å². The molecule has 1 N–H and O–H groups in total. The van der Waals surface area contributed by atoms with Crippen molar-refractivity contribution in [1.29, 1.82) is 0 Å². The summed E-state index contributed by atoms with van der Waals surface area (Å²) < 4.78 is 3.60. The number of aromatic nitrogens is 7. The molecule has 0 bridgehead atoms. The van der Waals surface area contributed by atoms with Crippen molar-refractivity contribution >= 4 is 0 Å². The van der Waals surface area contributed by atoms with Gasteiger partial charge in [-0.1, -0.05) is 127 Å². The zero-order valence-corrected chi connectivity index (χ0v) is 24.3. The molecular formula is C32H45N7O. The zero-order chi connectivity index (χ0) is 28.0. The molecule has 2 heterocycles. The van der Waals surface area contributed by atoms with Gasteiger partial charge in [0.15, 0.2) is 0 Å². The lowest BCUT2D eigenvalue weighted by Gasteiger charge is -2.09. The number of hydrogen-bond donors (Lipinski definition) is 1. The first-order valence-electron chi connectivity index (χ1n) is 15.3. The number of nitrogens with one attached hydrogen (secondary N) is 1. The smallest absolute Gasteiger partial charge is 0.274 e. The fraction of sp³-hybridized carbons (Fsp3) is 0.531. The Labute approximate surface area is 238 Å². The molecule has 0 fully saturated rings. The largest absolute Gasteiger partial charge is 0.346 e. The summed E-state index contributed by atoms with van der Waals surface area (Å²) in [6, 6.07) is 16.5. The summed E-state index contributed by atoms with van der Waals surface area (Å²) in [6.45, 7) is 5.72. The Morgan fingerprint density at radius 2 is 1.40 bits per heavy atom. The molecule has 8 heteroatoms. The molecule has 8 nitrogen and oxygen atoms in total. The lowest BCUT2D eigenvalue weighted by atomic mass is 9.98. The van der Waals surface area contributed by atoms with Crippen LogP contribution < -0.4 is 5.69 Å². The quantitative estimate of drug-likeness (QED) is 0.134. The van der Waals surface area contributed by atoms with Crippen LogP contribution in [0.4, 0.5) is 0 Å². The molecule has 0 amide bonds. The third-order valence-corrected chi connectivity index (χ3v) is 7.60. The predicted octanol–water partition coefficient (Wildman–Crippen LogP) is 7.20. The number of nitrogens with zero attached hydrogens (tertiary/aromatic N) is 6. The first kappa shape index (κ1) is 29.4. The molecule has 0 aliphatic rings. The van der Waals surface area contributed by atoms with Crippen molar-refractivity contribution in [2.75, 3.05) is 0 Å². The molecule has 40 heavy (non-hydrogen) atoms. The lowest BCUT2D eigenvalue weighted by molar-refractivity contribution is 0.510. The monoisotopic (exact) mass is 543 g/mol. The third-order valence-electron chi connectivity index (χ3n) is 7.60. The summed E-state index contributed by atoms with van der Waals surface area (Å²) in [5.41, 5.74) is 4.15. The van der Waals surface area contributed by atoms with Gasteiger partial charge in [-0.3, -0.25) is 4.57 Å². The van der Waals surface area contributed by atoms with Crippen molar-refractivity contribution in [3.05, 3.63) is 70.4 Å². The van der Waals surface area contributed by atoms with Crippen LogP contribution in [-0.4, -0.2) is 35.0 Å². The molecule has 0 unspecified atom stereocenters. The topological polar surface area (TPSA) is 94.3 Å². The molecule has 214 valence electrons. The summed E-state index contributed by atoms with van der Waals surface area (Å²) in [5, 5.41) is 19.4. The Kier molecular flexibility index (Phi) is 11.7. The maximum Gasteiger partial charge on any atom is 0.346 e. The molecule has 2 aromatic heterocycles. The highest BCUT2D eigenvalue weighted by atomic mass is 16.2. The van der Waals surface area contributed by atoms with Crippen LogP contribution in [0.2, 0.25) is 0 Å². The summed E-state index contributed by atoms with van der Waals surface area (Å²) in [5.74, 6) is 1.49. The third kappa shape index (κ3) is 8.23. The van der Waals surface area contributed by atoms with Crippen molar-refractivity contribution < 1.29 is 0 Å². The number of rotatable bonds is 18. The molecule has 0 saturated heterocycles. The second kappa shape index (κ2) is 15.9. The average molecular weight is 544 g/mol. The first-order valence-corrected chi connectivity index (χ1v) is 15.3. The highest BCUT2D eigenvalue weighted by Crippen LogP contribution is 2.29. The van der Waals surface area contributed by atoms with E-state index in [2.05, 4.69) is 64.8 Å². The average Bonchev–Trinajstić information content (AvgIpc) is 3.62. The van der Waals surface area contributed by atoms with E-state index in [1.165, 1.54) is 57.8 Å². The maximum absolute atomic E-state index is 13.4. The van der Waals surface area contributed by atoms with Crippen molar-refractivity contribution in [3.63, 3.8) is 0 Å². The lowest BCUT2D eigenvalue weighted by Crippen LogP contribution is -2.26. The van der Waals surface area contributed by atoms with Crippen LogP contribution in [0.3, 0.4) is 0 Å². The molecule has 0 atom stereocenters. The van der Waals surface area contributed by atoms with E-state index in [1.54, 1.807) is 4.68 Å². The molecule has 0 aliphatic heterocycles. The molecule has 0 radical (unpaired) electrons. The van der Waals surface area contributed by atoms with Gasteiger partial charge in [-0.05, 0) is 34.7 Å². The van der Waals surface area contributed by atoms with Gasteiger partial charge in [-0.2, -0.15) is 10.3 Å². The van der Waals surface area contributed by atoms with Crippen molar-refractivity contribution in [3.8, 4) is 22.5 Å². The predicted molar refractivity (Wildman–Crippen MR) is 161 cm³/mol. The van der Waals surface area contributed by atoms with Gasteiger partial charge in [0.25, 0.3) is 0 Å². The van der Waals surface area contributed by atoms with Gasteiger partial charge in [0.1, 0.15) is 5.82 Å². The van der Waals surface area contributed by atoms with Crippen LogP contribution in [0.1, 0.15) is 102 Å². The number of aromatic amines is 1. The second-order valence-corrected chi connectivity index (χ2v) is 10.8. The van der Waals surface area contributed by atoms with Gasteiger partial charge in [0, 0.05) is 18.5 Å². The van der Waals surface area contributed by atoms with E-state index >= 15 is 0 Å². The number of hydrogen-bond acceptors (Lipinski definition) is 5. The number of benzene rings is 2.